The molecule has 9 aromatic rings. The number of rotatable bonds is 9. The fraction of sp³-hybridized carbons (Fsp3) is 0.226. The molecule has 2 aliphatic rings. The van der Waals surface area contributed by atoms with Crippen LogP contribution < -0.4 is 13.9 Å². The molecule has 0 N–H and O–H groups in total. The minimum atomic E-state index is -0.0659. The molecule has 11 rings (SSSR count). The van der Waals surface area contributed by atoms with Crippen molar-refractivity contribution < 1.29 is 25.8 Å². The van der Waals surface area contributed by atoms with Crippen LogP contribution in [0.3, 0.4) is 0 Å². The van der Waals surface area contributed by atoms with Crippen LogP contribution in [0.2, 0.25) is 0 Å². The summed E-state index contributed by atoms with van der Waals surface area (Å²) in [5, 5.41) is 2.25. The Morgan fingerprint density at radius 2 is 1.22 bits per heavy atom. The Morgan fingerprint density at radius 1 is 0.559 bits per heavy atom. The molecule has 0 spiro atoms. The number of ether oxygens (including phenoxy) is 1. The third kappa shape index (κ3) is 7.20. The van der Waals surface area contributed by atoms with Crippen molar-refractivity contribution >= 4 is 44.6 Å². The van der Waals surface area contributed by atoms with Gasteiger partial charge in [0.25, 0.3) is 0 Å². The van der Waals surface area contributed by atoms with Crippen molar-refractivity contribution in [3.8, 4) is 39.6 Å². The molecule has 0 radical (unpaired) electrons. The first-order valence-corrected chi connectivity index (χ1v) is 23.9. The SMILES string of the molecule is CC(C)c1cccc(C(C)C)c1-c1cc(Oc2[c-]c3c(cc2)c2ccccc2n3-c2cc(C(C)(C)C)ccn2)[c-]c([N+]23[CH-][N@+]2(c2cc(-c4ccccc4)cc(C(C)(C)C)c2)c2ccccc23)c1.[Pt]. The summed E-state index contributed by atoms with van der Waals surface area (Å²) in [4.78, 5) is 4.94. The molecule has 0 bridgehead atoms. The van der Waals surface area contributed by atoms with E-state index >= 15 is 0 Å². The van der Waals surface area contributed by atoms with E-state index in [9.17, 15) is 0 Å². The Kier molecular flexibility index (Phi) is 11.1. The Hall–Kier alpha value is -6.10. The van der Waals surface area contributed by atoms with Gasteiger partial charge in [0.05, 0.1) is 5.69 Å². The molecule has 0 aliphatic carbocycles. The van der Waals surface area contributed by atoms with Crippen LogP contribution in [0.5, 0.6) is 11.5 Å². The molecule has 2 aromatic heterocycles. The minimum Gasteiger partial charge on any atom is -0.509 e. The van der Waals surface area contributed by atoms with E-state index < -0.39 is 0 Å². The monoisotopic (exact) mass is 1070 g/mol. The summed E-state index contributed by atoms with van der Waals surface area (Å²) in [7, 11) is 0. The van der Waals surface area contributed by atoms with Gasteiger partial charge in [-0.3, -0.25) is 0 Å². The minimum absolute atomic E-state index is 0. The van der Waals surface area contributed by atoms with Gasteiger partial charge in [0.15, 0.2) is 12.4 Å². The Balaban J connectivity index is 0.00000539. The van der Waals surface area contributed by atoms with Gasteiger partial charge in [-0.25, -0.2) is 9.58 Å². The van der Waals surface area contributed by atoms with E-state index in [0.29, 0.717) is 32.5 Å². The number of nitrogens with zero attached hydrogens (tertiary/aromatic N) is 4. The molecular formula is C62H59N4OPt-. The third-order valence-corrected chi connectivity index (χ3v) is 14.2. The van der Waals surface area contributed by atoms with Crippen molar-refractivity contribution in [3.63, 3.8) is 0 Å². The van der Waals surface area contributed by atoms with Gasteiger partial charge in [-0.1, -0.05) is 172 Å². The zero-order valence-electron chi connectivity index (χ0n) is 40.8. The van der Waals surface area contributed by atoms with Crippen LogP contribution in [0.25, 0.3) is 49.9 Å². The van der Waals surface area contributed by atoms with Gasteiger partial charge in [0.2, 0.25) is 11.4 Å². The first-order chi connectivity index (χ1) is 32.1. The zero-order chi connectivity index (χ0) is 46.6. The topological polar surface area (TPSA) is 27.1 Å². The van der Waals surface area contributed by atoms with E-state index in [4.69, 9.17) is 9.72 Å². The largest absolute Gasteiger partial charge is 0.509 e. The van der Waals surface area contributed by atoms with Crippen molar-refractivity contribution in [3.05, 3.63) is 199 Å². The molecule has 2 atom stereocenters. The van der Waals surface area contributed by atoms with Crippen molar-refractivity contribution in [2.75, 3.05) is 0 Å². The normalized spacial score (nSPS) is 17.5. The van der Waals surface area contributed by atoms with Gasteiger partial charge in [-0.2, -0.15) is 10.7 Å². The first-order valence-electron chi connectivity index (χ1n) is 23.9. The van der Waals surface area contributed by atoms with Crippen LogP contribution in [0.1, 0.15) is 103 Å². The summed E-state index contributed by atoms with van der Waals surface area (Å²) < 4.78 is 10.4. The van der Waals surface area contributed by atoms with Gasteiger partial charge in [-0.05, 0) is 85.2 Å². The van der Waals surface area contributed by atoms with E-state index in [1.807, 2.05) is 6.20 Å². The number of para-hydroxylation sites is 3. The van der Waals surface area contributed by atoms with Crippen LogP contribution in [0.4, 0.5) is 22.7 Å². The summed E-state index contributed by atoms with van der Waals surface area (Å²) in [5.41, 5.74) is 16.7. The number of fused-ring (bicyclic) bond motifs is 7. The third-order valence-electron chi connectivity index (χ3n) is 14.2. The molecule has 5 nitrogen and oxygen atoms in total. The van der Waals surface area contributed by atoms with E-state index in [1.165, 1.54) is 56.0 Å². The quantitative estimate of drug-likeness (QED) is 0.0818. The standard InChI is InChI=1S/C62H59N4O.Pt/c1-40(2)51-22-18-23-52(41(3)4)60(51)44-33-48(66-39-65(66,57-25-16-17-26-58(57)66)47-32-43(42-19-12-11-13-20-42)31-46(35-47)62(8,9)10)37-50(34-44)67-49-27-28-54-53-21-14-15-24-55(53)64(56(54)38-49)59-36-45(29-30-63-59)61(5,6)7;/h11-36,39-41H,1-10H3;/q-1;/t65-,66?;/m0./s1. The van der Waals surface area contributed by atoms with E-state index in [1.54, 1.807) is 0 Å². The predicted octanol–water partition coefficient (Wildman–Crippen LogP) is 17.1. The van der Waals surface area contributed by atoms with Crippen LogP contribution in [-0.2, 0) is 31.9 Å². The molecule has 1 unspecified atom stereocenters. The maximum absolute atomic E-state index is 7.13. The molecule has 0 saturated carbocycles. The smallest absolute Gasteiger partial charge is 0.225 e. The second-order valence-corrected chi connectivity index (χ2v) is 21.3. The summed E-state index contributed by atoms with van der Waals surface area (Å²) in [6.45, 7) is 25.3. The van der Waals surface area contributed by atoms with E-state index in [2.05, 4.69) is 244 Å². The molecule has 2 aliphatic heterocycles. The van der Waals surface area contributed by atoms with Gasteiger partial charge >= 0.3 is 0 Å². The average Bonchev–Trinajstić information content (AvgIpc) is 3.81. The van der Waals surface area contributed by atoms with Gasteiger partial charge < -0.3 is 9.30 Å². The Morgan fingerprint density at radius 3 is 1.91 bits per heavy atom. The maximum atomic E-state index is 7.13. The molecule has 0 amide bonds. The summed E-state index contributed by atoms with van der Waals surface area (Å²) in [6, 6.07) is 63.1. The molecular weight excluding hydrogens is 1010 g/mol. The summed E-state index contributed by atoms with van der Waals surface area (Å²) in [6.07, 6.45) is 1.92. The van der Waals surface area contributed by atoms with Crippen LogP contribution in [0.15, 0.2) is 158 Å². The second-order valence-electron chi connectivity index (χ2n) is 21.3. The Bertz CT molecular complexity index is 3380. The number of aromatic nitrogens is 2. The average molecular weight is 1070 g/mol. The molecule has 1 fully saturated rings. The molecule has 6 heteroatoms. The van der Waals surface area contributed by atoms with Gasteiger partial charge in [0, 0.05) is 68.5 Å². The maximum Gasteiger partial charge on any atom is 0.225 e. The van der Waals surface area contributed by atoms with Crippen molar-refractivity contribution in [1.82, 2.24) is 18.7 Å². The van der Waals surface area contributed by atoms with Crippen molar-refractivity contribution in [2.24, 2.45) is 0 Å². The number of benzene rings is 7. The number of hydrogen-bond acceptors (Lipinski definition) is 2. The molecule has 1 saturated heterocycles. The summed E-state index contributed by atoms with van der Waals surface area (Å²) >= 11 is 0. The van der Waals surface area contributed by atoms with E-state index in [0.717, 1.165) is 38.9 Å². The second kappa shape index (κ2) is 16.6. The van der Waals surface area contributed by atoms with Gasteiger partial charge in [-0.15, -0.1) is 29.1 Å². The van der Waals surface area contributed by atoms with Crippen molar-refractivity contribution in [1.29, 1.82) is 0 Å². The van der Waals surface area contributed by atoms with Crippen molar-refractivity contribution in [2.45, 2.75) is 91.9 Å². The summed E-state index contributed by atoms with van der Waals surface area (Å²) in [5.74, 6) is 2.75. The van der Waals surface area contributed by atoms with Crippen LogP contribution in [-0.4, -0.2) is 9.55 Å². The Labute approximate surface area is 417 Å². The molecule has 4 heterocycles. The number of quaternary nitrogens is 2. The fourth-order valence-electron chi connectivity index (χ4n) is 10.6. The van der Waals surface area contributed by atoms with Crippen LogP contribution >= 0.6 is 0 Å². The van der Waals surface area contributed by atoms with E-state index in [-0.39, 0.29) is 31.9 Å². The number of hydrogen-bond donors (Lipinski definition) is 0. The molecule has 68 heavy (non-hydrogen) atoms. The first kappa shape index (κ1) is 45.7. The predicted molar refractivity (Wildman–Crippen MR) is 279 cm³/mol. The molecule has 344 valence electrons. The van der Waals surface area contributed by atoms with Crippen LogP contribution in [0, 0.1) is 18.8 Å². The number of pyridine rings is 1. The fourth-order valence-corrected chi connectivity index (χ4v) is 10.6. The molecule has 7 aromatic carbocycles. The van der Waals surface area contributed by atoms with Gasteiger partial charge in [0.1, 0.15) is 5.82 Å². The zero-order valence-corrected chi connectivity index (χ0v) is 43.0.